The van der Waals surface area contributed by atoms with Gasteiger partial charge in [-0.1, -0.05) is 6.92 Å². The van der Waals surface area contributed by atoms with Crippen LogP contribution < -0.4 is 15.4 Å². The second-order valence-electron chi connectivity index (χ2n) is 3.91. The fourth-order valence-electron chi connectivity index (χ4n) is 1.60. The summed E-state index contributed by atoms with van der Waals surface area (Å²) in [5.74, 6) is 2.16. The Labute approximate surface area is 97.4 Å². The van der Waals surface area contributed by atoms with Crippen molar-refractivity contribution in [1.29, 1.82) is 0 Å². The van der Waals surface area contributed by atoms with E-state index in [2.05, 4.69) is 23.7 Å². The fraction of sp³-hybridized carbons (Fsp3) is 0.583. The van der Waals surface area contributed by atoms with Crippen LogP contribution in [0.25, 0.3) is 0 Å². The third-order valence-electron chi connectivity index (χ3n) is 2.59. The Morgan fingerprint density at radius 1 is 1.56 bits per heavy atom. The Kier molecular flexibility index (Phi) is 5.05. The smallest absolute Gasteiger partial charge is 0.171 e. The molecule has 0 aliphatic rings. The Hall–Kier alpha value is -1.29. The van der Waals surface area contributed by atoms with E-state index in [1.807, 2.05) is 12.1 Å². The molecule has 90 valence electrons. The molecule has 1 aromatic heterocycles. The van der Waals surface area contributed by atoms with Crippen LogP contribution in [0.3, 0.4) is 0 Å². The zero-order valence-electron chi connectivity index (χ0n) is 10.3. The summed E-state index contributed by atoms with van der Waals surface area (Å²) in [5.41, 5.74) is 5.65. The maximum atomic E-state index is 5.65. The molecule has 0 saturated heterocycles. The van der Waals surface area contributed by atoms with Crippen molar-refractivity contribution in [2.75, 3.05) is 31.6 Å². The molecule has 0 aliphatic carbocycles. The minimum Gasteiger partial charge on any atom is -0.493 e. The molecule has 0 radical (unpaired) electrons. The predicted molar refractivity (Wildman–Crippen MR) is 66.9 cm³/mol. The van der Waals surface area contributed by atoms with Gasteiger partial charge in [0.1, 0.15) is 0 Å². The number of pyridine rings is 1. The molecule has 16 heavy (non-hydrogen) atoms. The van der Waals surface area contributed by atoms with E-state index < -0.39 is 0 Å². The number of rotatable bonds is 6. The number of aromatic nitrogens is 1. The Morgan fingerprint density at radius 3 is 2.88 bits per heavy atom. The predicted octanol–water partition coefficient (Wildman–Crippen LogP) is 1.51. The molecule has 0 bridgehead atoms. The summed E-state index contributed by atoms with van der Waals surface area (Å²) in [5, 5.41) is 0. The lowest BCUT2D eigenvalue weighted by molar-refractivity contribution is 0.411. The lowest BCUT2D eigenvalue weighted by Crippen LogP contribution is -2.32. The van der Waals surface area contributed by atoms with Gasteiger partial charge in [-0.05, 0) is 31.5 Å². The standard InChI is InChI=1S/C12H21N3O/c1-4-15(9-10(2)8-13)12-11(16-3)6-5-7-14-12/h5-7,10H,4,8-9,13H2,1-3H3. The summed E-state index contributed by atoms with van der Waals surface area (Å²) in [6.45, 7) is 6.74. The topological polar surface area (TPSA) is 51.4 Å². The molecule has 2 N–H and O–H groups in total. The molecule has 1 rings (SSSR count). The number of anilines is 1. The first-order chi connectivity index (χ1) is 7.72. The number of nitrogens with two attached hydrogens (primary N) is 1. The average Bonchev–Trinajstić information content (AvgIpc) is 2.35. The van der Waals surface area contributed by atoms with E-state index in [-0.39, 0.29) is 0 Å². The van der Waals surface area contributed by atoms with Crippen molar-refractivity contribution in [3.8, 4) is 5.75 Å². The number of hydrogen-bond donors (Lipinski definition) is 1. The van der Waals surface area contributed by atoms with E-state index in [1.165, 1.54) is 0 Å². The van der Waals surface area contributed by atoms with Crippen LogP contribution in [0, 0.1) is 5.92 Å². The first-order valence-corrected chi connectivity index (χ1v) is 5.66. The van der Waals surface area contributed by atoms with Gasteiger partial charge >= 0.3 is 0 Å². The summed E-state index contributed by atoms with van der Waals surface area (Å²) < 4.78 is 5.31. The van der Waals surface area contributed by atoms with Crippen molar-refractivity contribution in [3.63, 3.8) is 0 Å². The fourth-order valence-corrected chi connectivity index (χ4v) is 1.60. The molecule has 4 nitrogen and oxygen atoms in total. The molecule has 4 heteroatoms. The maximum absolute atomic E-state index is 5.65. The first-order valence-electron chi connectivity index (χ1n) is 5.66. The quantitative estimate of drug-likeness (QED) is 0.794. The Morgan fingerprint density at radius 2 is 2.31 bits per heavy atom. The average molecular weight is 223 g/mol. The van der Waals surface area contributed by atoms with Gasteiger partial charge in [-0.2, -0.15) is 0 Å². The monoisotopic (exact) mass is 223 g/mol. The molecule has 1 atom stereocenters. The molecular formula is C12H21N3O. The van der Waals surface area contributed by atoms with Crippen molar-refractivity contribution in [2.45, 2.75) is 13.8 Å². The van der Waals surface area contributed by atoms with E-state index in [9.17, 15) is 0 Å². The van der Waals surface area contributed by atoms with Crippen LogP contribution in [-0.4, -0.2) is 31.7 Å². The summed E-state index contributed by atoms with van der Waals surface area (Å²) in [6, 6.07) is 3.81. The van der Waals surface area contributed by atoms with Crippen molar-refractivity contribution in [1.82, 2.24) is 4.98 Å². The van der Waals surface area contributed by atoms with Gasteiger partial charge in [-0.3, -0.25) is 0 Å². The van der Waals surface area contributed by atoms with Crippen LogP contribution in [0.15, 0.2) is 18.3 Å². The third kappa shape index (κ3) is 3.10. The van der Waals surface area contributed by atoms with Gasteiger partial charge in [0, 0.05) is 19.3 Å². The van der Waals surface area contributed by atoms with Crippen molar-refractivity contribution < 1.29 is 4.74 Å². The van der Waals surface area contributed by atoms with Crippen LogP contribution in [0.4, 0.5) is 5.82 Å². The van der Waals surface area contributed by atoms with Gasteiger partial charge in [-0.15, -0.1) is 0 Å². The molecule has 1 unspecified atom stereocenters. The first kappa shape index (κ1) is 12.8. The molecule has 0 aromatic carbocycles. The lowest BCUT2D eigenvalue weighted by Gasteiger charge is -2.26. The van der Waals surface area contributed by atoms with Crippen LogP contribution in [0.5, 0.6) is 5.75 Å². The van der Waals surface area contributed by atoms with Gasteiger partial charge in [0.2, 0.25) is 0 Å². The molecule has 1 aromatic rings. The molecule has 0 saturated carbocycles. The third-order valence-corrected chi connectivity index (χ3v) is 2.59. The highest BCUT2D eigenvalue weighted by atomic mass is 16.5. The highest BCUT2D eigenvalue weighted by Gasteiger charge is 2.13. The summed E-state index contributed by atoms with van der Waals surface area (Å²) in [6.07, 6.45) is 1.79. The van der Waals surface area contributed by atoms with E-state index >= 15 is 0 Å². The van der Waals surface area contributed by atoms with Crippen molar-refractivity contribution >= 4 is 5.82 Å². The number of nitrogens with zero attached hydrogens (tertiary/aromatic N) is 2. The van der Waals surface area contributed by atoms with E-state index in [4.69, 9.17) is 10.5 Å². The molecule has 0 fully saturated rings. The molecule has 1 heterocycles. The van der Waals surface area contributed by atoms with E-state index in [0.717, 1.165) is 24.7 Å². The molecule has 0 aliphatic heterocycles. The number of ether oxygens (including phenoxy) is 1. The summed E-state index contributed by atoms with van der Waals surface area (Å²) in [4.78, 5) is 6.56. The SMILES string of the molecule is CCN(CC(C)CN)c1ncccc1OC. The molecular weight excluding hydrogens is 202 g/mol. The minimum atomic E-state index is 0.451. The molecule has 0 amide bonds. The largest absolute Gasteiger partial charge is 0.493 e. The van der Waals surface area contributed by atoms with Crippen LogP contribution in [0.1, 0.15) is 13.8 Å². The van der Waals surface area contributed by atoms with Gasteiger partial charge in [-0.25, -0.2) is 4.98 Å². The second-order valence-corrected chi connectivity index (χ2v) is 3.91. The second kappa shape index (κ2) is 6.33. The Bertz CT molecular complexity index is 317. The van der Waals surface area contributed by atoms with Gasteiger partial charge in [0.05, 0.1) is 7.11 Å². The van der Waals surface area contributed by atoms with Gasteiger partial charge < -0.3 is 15.4 Å². The zero-order chi connectivity index (χ0) is 12.0. The summed E-state index contributed by atoms with van der Waals surface area (Å²) >= 11 is 0. The number of hydrogen-bond acceptors (Lipinski definition) is 4. The van der Waals surface area contributed by atoms with Crippen LogP contribution in [0.2, 0.25) is 0 Å². The zero-order valence-corrected chi connectivity index (χ0v) is 10.3. The minimum absolute atomic E-state index is 0.451. The van der Waals surface area contributed by atoms with Gasteiger partial charge in [0.15, 0.2) is 11.6 Å². The highest BCUT2D eigenvalue weighted by molar-refractivity contribution is 5.51. The maximum Gasteiger partial charge on any atom is 0.171 e. The van der Waals surface area contributed by atoms with Crippen molar-refractivity contribution in [3.05, 3.63) is 18.3 Å². The summed E-state index contributed by atoms with van der Waals surface area (Å²) in [7, 11) is 1.67. The van der Waals surface area contributed by atoms with Crippen LogP contribution >= 0.6 is 0 Å². The van der Waals surface area contributed by atoms with Crippen molar-refractivity contribution in [2.24, 2.45) is 11.7 Å². The highest BCUT2D eigenvalue weighted by Crippen LogP contribution is 2.24. The lowest BCUT2D eigenvalue weighted by atomic mass is 10.1. The Balaban J connectivity index is 2.85. The van der Waals surface area contributed by atoms with Gasteiger partial charge in [0.25, 0.3) is 0 Å². The number of methoxy groups -OCH3 is 1. The van der Waals surface area contributed by atoms with Crippen LogP contribution in [-0.2, 0) is 0 Å². The van der Waals surface area contributed by atoms with E-state index in [1.54, 1.807) is 13.3 Å². The molecule has 0 spiro atoms. The normalized spacial score (nSPS) is 12.2. The van der Waals surface area contributed by atoms with E-state index in [0.29, 0.717) is 12.5 Å².